The van der Waals surface area contributed by atoms with Crippen molar-refractivity contribution in [1.29, 1.82) is 0 Å². The Labute approximate surface area is 56.8 Å². The van der Waals surface area contributed by atoms with Gasteiger partial charge in [0, 0.05) is 11.9 Å². The summed E-state index contributed by atoms with van der Waals surface area (Å²) in [6.07, 6.45) is 1.09. The zero-order chi connectivity index (χ0) is 6.41. The van der Waals surface area contributed by atoms with Gasteiger partial charge in [0.15, 0.2) is 0 Å². The van der Waals surface area contributed by atoms with Gasteiger partial charge in [0.25, 0.3) is 0 Å². The van der Waals surface area contributed by atoms with Crippen LogP contribution in [-0.4, -0.2) is 18.5 Å². The molecule has 50 valence electrons. The average molecular weight is 134 g/mol. The van der Waals surface area contributed by atoms with Gasteiger partial charge in [-0.05, 0) is 13.3 Å². The summed E-state index contributed by atoms with van der Waals surface area (Å²) in [6, 6.07) is 0. The van der Waals surface area contributed by atoms with Crippen LogP contribution >= 0.6 is 12.6 Å². The van der Waals surface area contributed by atoms with Gasteiger partial charge in [-0.3, -0.25) is 0 Å². The van der Waals surface area contributed by atoms with Crippen molar-refractivity contribution in [3.05, 3.63) is 0 Å². The molecule has 0 aromatic rings. The average Bonchev–Trinajstić information content (AvgIpc) is 1.83. The van der Waals surface area contributed by atoms with Crippen molar-refractivity contribution in [2.24, 2.45) is 0 Å². The van der Waals surface area contributed by atoms with Gasteiger partial charge >= 0.3 is 0 Å². The molecule has 2 heteroatoms. The first kappa shape index (κ1) is 8.31. The van der Waals surface area contributed by atoms with Crippen LogP contribution in [0, 0.1) is 0 Å². The van der Waals surface area contributed by atoms with Crippen molar-refractivity contribution in [3.8, 4) is 0 Å². The molecule has 0 bridgehead atoms. The topological polar surface area (TPSA) is 9.23 Å². The zero-order valence-electron chi connectivity index (χ0n) is 5.55. The molecule has 0 spiro atoms. The van der Waals surface area contributed by atoms with Crippen molar-refractivity contribution in [2.75, 3.05) is 13.2 Å². The molecule has 0 aliphatic rings. The summed E-state index contributed by atoms with van der Waals surface area (Å²) >= 11 is 4.24. The summed E-state index contributed by atoms with van der Waals surface area (Å²) in [7, 11) is 0. The molecule has 0 saturated carbocycles. The second-order valence-electron chi connectivity index (χ2n) is 1.72. The molecule has 0 rings (SSSR count). The lowest BCUT2D eigenvalue weighted by molar-refractivity contribution is 0.148. The van der Waals surface area contributed by atoms with Crippen LogP contribution in [0.15, 0.2) is 0 Å². The molecule has 8 heavy (non-hydrogen) atoms. The molecule has 1 nitrogen and oxygen atoms in total. The van der Waals surface area contributed by atoms with E-state index in [1.165, 1.54) is 0 Å². The monoisotopic (exact) mass is 134 g/mol. The first-order chi connectivity index (χ1) is 3.81. The maximum absolute atomic E-state index is 5.11. The molecule has 0 saturated heterocycles. The maximum atomic E-state index is 5.11. The summed E-state index contributed by atoms with van der Waals surface area (Å²) in [5.74, 6) is 0. The highest BCUT2D eigenvalue weighted by Crippen LogP contribution is 1.99. The van der Waals surface area contributed by atoms with E-state index in [1.54, 1.807) is 0 Å². The van der Waals surface area contributed by atoms with E-state index < -0.39 is 0 Å². The molecule has 0 aliphatic carbocycles. The Morgan fingerprint density at radius 2 is 2.12 bits per heavy atom. The van der Waals surface area contributed by atoms with E-state index in [1.807, 2.05) is 6.92 Å². The Morgan fingerprint density at radius 1 is 1.50 bits per heavy atom. The van der Waals surface area contributed by atoms with Gasteiger partial charge in [-0.25, -0.2) is 0 Å². The van der Waals surface area contributed by atoms with Crippen LogP contribution in [0.2, 0.25) is 0 Å². The van der Waals surface area contributed by atoms with Crippen molar-refractivity contribution >= 4 is 12.6 Å². The van der Waals surface area contributed by atoms with Gasteiger partial charge in [0.05, 0.1) is 6.61 Å². The van der Waals surface area contributed by atoms with Gasteiger partial charge in [-0.15, -0.1) is 0 Å². The van der Waals surface area contributed by atoms with E-state index in [0.29, 0.717) is 5.25 Å². The summed E-state index contributed by atoms with van der Waals surface area (Å²) < 4.78 is 5.11. The van der Waals surface area contributed by atoms with Gasteiger partial charge in [-0.1, -0.05) is 6.92 Å². The Bertz CT molecular complexity index is 47.8. The summed E-state index contributed by atoms with van der Waals surface area (Å²) in [4.78, 5) is 0. The minimum absolute atomic E-state index is 0.426. The van der Waals surface area contributed by atoms with Crippen LogP contribution in [0.3, 0.4) is 0 Å². The third kappa shape index (κ3) is 4.47. The Hall–Kier alpha value is 0.310. The van der Waals surface area contributed by atoms with Crippen molar-refractivity contribution < 1.29 is 4.74 Å². The molecule has 1 unspecified atom stereocenters. The zero-order valence-corrected chi connectivity index (χ0v) is 6.45. The fourth-order valence-corrected chi connectivity index (χ4v) is 0.477. The van der Waals surface area contributed by atoms with E-state index in [2.05, 4.69) is 19.6 Å². The Balaban J connectivity index is 2.86. The lowest BCUT2D eigenvalue weighted by Gasteiger charge is -2.05. The predicted molar refractivity (Wildman–Crippen MR) is 39.6 cm³/mol. The fourth-order valence-electron chi connectivity index (χ4n) is 0.372. The van der Waals surface area contributed by atoms with Crippen molar-refractivity contribution in [2.45, 2.75) is 25.5 Å². The number of ether oxygens (including phenoxy) is 1. The van der Waals surface area contributed by atoms with Gasteiger partial charge < -0.3 is 4.74 Å². The number of rotatable bonds is 4. The minimum atomic E-state index is 0.426. The van der Waals surface area contributed by atoms with Crippen LogP contribution in [-0.2, 0) is 4.74 Å². The summed E-state index contributed by atoms with van der Waals surface area (Å²) in [6.45, 7) is 5.69. The largest absolute Gasteiger partial charge is 0.381 e. The molecule has 0 N–H and O–H groups in total. The molecule has 0 aliphatic heterocycles. The number of hydrogen-bond acceptors (Lipinski definition) is 2. The number of hydrogen-bond donors (Lipinski definition) is 1. The molecule has 0 amide bonds. The standard InChI is InChI=1S/C6H14OS/c1-3-6(8)5-7-4-2/h6,8H,3-5H2,1-2H3. The first-order valence-electron chi connectivity index (χ1n) is 3.07. The van der Waals surface area contributed by atoms with Gasteiger partial charge in [0.2, 0.25) is 0 Å². The highest BCUT2D eigenvalue weighted by atomic mass is 32.1. The second kappa shape index (κ2) is 5.45. The van der Waals surface area contributed by atoms with Gasteiger partial charge in [-0.2, -0.15) is 12.6 Å². The van der Waals surface area contributed by atoms with Crippen molar-refractivity contribution in [1.82, 2.24) is 0 Å². The predicted octanol–water partition coefficient (Wildman–Crippen LogP) is 1.73. The summed E-state index contributed by atoms with van der Waals surface area (Å²) in [5.41, 5.74) is 0. The third-order valence-electron chi connectivity index (χ3n) is 0.986. The normalized spacial score (nSPS) is 13.9. The minimum Gasteiger partial charge on any atom is -0.381 e. The lowest BCUT2D eigenvalue weighted by Crippen LogP contribution is -2.06. The SMILES string of the molecule is CCOCC(S)CC. The smallest absolute Gasteiger partial charge is 0.0582 e. The van der Waals surface area contributed by atoms with E-state index in [4.69, 9.17) is 4.74 Å². The molecular weight excluding hydrogens is 120 g/mol. The van der Waals surface area contributed by atoms with Crippen LogP contribution in [0.1, 0.15) is 20.3 Å². The molecule has 1 atom stereocenters. The fraction of sp³-hybridized carbons (Fsp3) is 1.00. The Kier molecular flexibility index (Phi) is 5.66. The third-order valence-corrected chi connectivity index (χ3v) is 1.50. The van der Waals surface area contributed by atoms with Crippen molar-refractivity contribution in [3.63, 3.8) is 0 Å². The molecule has 0 radical (unpaired) electrons. The van der Waals surface area contributed by atoms with Crippen LogP contribution in [0.4, 0.5) is 0 Å². The van der Waals surface area contributed by atoms with E-state index >= 15 is 0 Å². The summed E-state index contributed by atoms with van der Waals surface area (Å²) in [5, 5.41) is 0.426. The van der Waals surface area contributed by atoms with Crippen LogP contribution < -0.4 is 0 Å². The van der Waals surface area contributed by atoms with E-state index in [-0.39, 0.29) is 0 Å². The molecule has 0 aromatic carbocycles. The van der Waals surface area contributed by atoms with E-state index in [9.17, 15) is 0 Å². The molecule has 0 heterocycles. The molecule has 0 fully saturated rings. The van der Waals surface area contributed by atoms with Crippen LogP contribution in [0.5, 0.6) is 0 Å². The lowest BCUT2D eigenvalue weighted by atomic mass is 10.3. The van der Waals surface area contributed by atoms with Crippen LogP contribution in [0.25, 0.3) is 0 Å². The number of thiol groups is 1. The highest BCUT2D eigenvalue weighted by Gasteiger charge is 1.95. The maximum Gasteiger partial charge on any atom is 0.0582 e. The quantitative estimate of drug-likeness (QED) is 0.576. The first-order valence-corrected chi connectivity index (χ1v) is 3.58. The molecular formula is C6H14OS. The van der Waals surface area contributed by atoms with Gasteiger partial charge in [0.1, 0.15) is 0 Å². The second-order valence-corrected chi connectivity index (χ2v) is 2.45. The molecule has 0 aromatic heterocycles. The Morgan fingerprint density at radius 3 is 2.50 bits per heavy atom. The van der Waals surface area contributed by atoms with E-state index in [0.717, 1.165) is 19.6 Å². The highest BCUT2D eigenvalue weighted by molar-refractivity contribution is 7.81.